The molecule has 0 aliphatic carbocycles. The summed E-state index contributed by atoms with van der Waals surface area (Å²) in [5.41, 5.74) is 0. The molecule has 0 atom stereocenters. The van der Waals surface area contributed by atoms with Crippen molar-refractivity contribution < 1.29 is 15.9 Å². The van der Waals surface area contributed by atoms with Crippen molar-refractivity contribution in [2.45, 2.75) is 13.8 Å². The van der Waals surface area contributed by atoms with E-state index in [-0.39, 0.29) is 15.9 Å². The van der Waals surface area contributed by atoms with Crippen molar-refractivity contribution in [3.8, 4) is 0 Å². The van der Waals surface area contributed by atoms with Gasteiger partial charge in [0.1, 0.15) is 0 Å². The molecule has 0 nitrogen and oxygen atoms in total. The van der Waals surface area contributed by atoms with Gasteiger partial charge in [-0.15, -0.1) is 0 Å². The Morgan fingerprint density at radius 1 is 1.20 bits per heavy atom. The fourth-order valence-corrected chi connectivity index (χ4v) is 0. The van der Waals surface area contributed by atoms with Crippen LogP contribution in [0.1, 0.15) is 13.8 Å². The molecular weight excluding hydrogens is 201 g/mol. The molecule has 3 heteroatoms. The Hall–Kier alpha value is 1.24. The molecule has 0 spiro atoms. The molecule has 0 unspecified atom stereocenters. The maximum atomic E-state index is 4.81. The standard InChI is InChI=1S/C2H6.2ClH.Pd/c1-2;;;/h1-2H3;2*1H;/q;;;+2/p-2. The summed E-state index contributed by atoms with van der Waals surface area (Å²) in [5, 5.41) is 0. The molecule has 0 N–H and O–H groups in total. The average molecular weight is 207 g/mol. The molecule has 0 fully saturated rings. The third-order valence-electron chi connectivity index (χ3n) is 0. The minimum atomic E-state index is -0.106. The fraction of sp³-hybridized carbons (Fsp3) is 1.00. The molecule has 0 amide bonds. The van der Waals surface area contributed by atoms with Gasteiger partial charge in [0.25, 0.3) is 0 Å². The average Bonchev–Trinajstić information content (AvgIpc) is 1.46. The second-order valence-electron chi connectivity index (χ2n) is 0.0452. The third kappa shape index (κ3) is 35.7. The quantitative estimate of drug-likeness (QED) is 0.535. The summed E-state index contributed by atoms with van der Waals surface area (Å²) in [6.07, 6.45) is 0. The first kappa shape index (κ1) is 9.53. The first-order valence-corrected chi connectivity index (χ1v) is 5.24. The van der Waals surface area contributed by atoms with Crippen LogP contribution in [0.5, 0.6) is 0 Å². The molecule has 0 bridgehead atoms. The monoisotopic (exact) mass is 206 g/mol. The van der Waals surface area contributed by atoms with Crippen LogP contribution in [0.25, 0.3) is 0 Å². The van der Waals surface area contributed by atoms with Crippen LogP contribution in [0.15, 0.2) is 0 Å². The molecule has 0 aromatic rings. The normalized spacial score (nSPS) is 5.60. The van der Waals surface area contributed by atoms with Crippen LogP contribution in [0, 0.1) is 0 Å². The molecule has 0 aromatic carbocycles. The summed E-state index contributed by atoms with van der Waals surface area (Å²) in [5.74, 6) is 0. The SMILES string of the molecule is CC.[Cl][Pd][Cl]. The second kappa shape index (κ2) is 18.8. The van der Waals surface area contributed by atoms with Crippen molar-refractivity contribution in [3.05, 3.63) is 0 Å². The van der Waals surface area contributed by atoms with Gasteiger partial charge >= 0.3 is 35.0 Å². The van der Waals surface area contributed by atoms with Crippen LogP contribution in [-0.4, -0.2) is 0 Å². The molecule has 38 valence electrons. The molecule has 0 saturated carbocycles. The first-order chi connectivity index (χ1) is 2.41. The third-order valence-corrected chi connectivity index (χ3v) is 0. The zero-order valence-electron chi connectivity index (χ0n) is 3.07. The minimum absolute atomic E-state index is 0.106. The Labute approximate surface area is 49.0 Å². The predicted molar refractivity (Wildman–Crippen MR) is 23.1 cm³/mol. The Kier molecular flexibility index (Phi) is 35.8. The van der Waals surface area contributed by atoms with Crippen LogP contribution >= 0.6 is 19.1 Å². The van der Waals surface area contributed by atoms with Crippen molar-refractivity contribution in [3.63, 3.8) is 0 Å². The molecule has 0 saturated heterocycles. The zero-order valence-corrected chi connectivity index (χ0v) is 6.14. The van der Waals surface area contributed by atoms with E-state index >= 15 is 0 Å². The first-order valence-electron chi connectivity index (χ1n) is 1.24. The van der Waals surface area contributed by atoms with E-state index in [1.54, 1.807) is 0 Å². The van der Waals surface area contributed by atoms with Crippen LogP contribution in [0.4, 0.5) is 0 Å². The molecule has 0 rings (SSSR count). The Morgan fingerprint density at radius 3 is 1.20 bits per heavy atom. The molecule has 0 aliphatic heterocycles. The van der Waals surface area contributed by atoms with Crippen molar-refractivity contribution in [2.24, 2.45) is 0 Å². The van der Waals surface area contributed by atoms with Crippen molar-refractivity contribution in [1.82, 2.24) is 0 Å². The molecular formula is C2H6Cl2Pd. The summed E-state index contributed by atoms with van der Waals surface area (Å²) in [7, 11) is 9.63. The van der Waals surface area contributed by atoms with Gasteiger partial charge in [-0.1, -0.05) is 13.8 Å². The van der Waals surface area contributed by atoms with E-state index in [1.165, 1.54) is 0 Å². The van der Waals surface area contributed by atoms with Gasteiger partial charge in [0.15, 0.2) is 0 Å². The van der Waals surface area contributed by atoms with E-state index in [4.69, 9.17) is 19.1 Å². The van der Waals surface area contributed by atoms with Crippen molar-refractivity contribution in [1.29, 1.82) is 0 Å². The van der Waals surface area contributed by atoms with E-state index in [1.807, 2.05) is 13.8 Å². The number of rotatable bonds is 0. The topological polar surface area (TPSA) is 0 Å². The van der Waals surface area contributed by atoms with E-state index < -0.39 is 0 Å². The molecule has 0 aliphatic rings. The summed E-state index contributed by atoms with van der Waals surface area (Å²) in [6, 6.07) is 0. The number of hydrogen-bond acceptors (Lipinski definition) is 0. The van der Waals surface area contributed by atoms with E-state index in [0.29, 0.717) is 0 Å². The van der Waals surface area contributed by atoms with Crippen LogP contribution in [-0.2, 0) is 15.9 Å². The van der Waals surface area contributed by atoms with Gasteiger partial charge in [0.2, 0.25) is 0 Å². The zero-order chi connectivity index (χ0) is 4.71. The van der Waals surface area contributed by atoms with Crippen LogP contribution < -0.4 is 0 Å². The second-order valence-corrected chi connectivity index (χ2v) is 2.41. The van der Waals surface area contributed by atoms with Crippen molar-refractivity contribution >= 4 is 19.1 Å². The van der Waals surface area contributed by atoms with Crippen LogP contribution in [0.3, 0.4) is 0 Å². The van der Waals surface area contributed by atoms with Crippen LogP contribution in [0.2, 0.25) is 0 Å². The summed E-state index contributed by atoms with van der Waals surface area (Å²) in [6.45, 7) is 4.00. The number of halogens is 2. The summed E-state index contributed by atoms with van der Waals surface area (Å²) in [4.78, 5) is 0. The van der Waals surface area contributed by atoms with Gasteiger partial charge in [0, 0.05) is 0 Å². The van der Waals surface area contributed by atoms with E-state index in [9.17, 15) is 0 Å². The van der Waals surface area contributed by atoms with Gasteiger partial charge < -0.3 is 0 Å². The van der Waals surface area contributed by atoms with Gasteiger partial charge in [-0.05, 0) is 0 Å². The van der Waals surface area contributed by atoms with Gasteiger partial charge in [-0.2, -0.15) is 0 Å². The summed E-state index contributed by atoms with van der Waals surface area (Å²) < 4.78 is 0. The predicted octanol–water partition coefficient (Wildman–Crippen LogP) is 2.40. The maximum absolute atomic E-state index is 4.81. The molecule has 0 heterocycles. The van der Waals surface area contributed by atoms with Gasteiger partial charge in [0.05, 0.1) is 0 Å². The summed E-state index contributed by atoms with van der Waals surface area (Å²) >= 11 is -0.106. The van der Waals surface area contributed by atoms with E-state index in [0.717, 1.165) is 0 Å². The van der Waals surface area contributed by atoms with Gasteiger partial charge in [-0.25, -0.2) is 0 Å². The Balaban J connectivity index is 0. The number of hydrogen-bond donors (Lipinski definition) is 0. The Morgan fingerprint density at radius 2 is 1.20 bits per heavy atom. The fourth-order valence-electron chi connectivity index (χ4n) is 0. The van der Waals surface area contributed by atoms with Gasteiger partial charge in [-0.3, -0.25) is 0 Å². The Bertz CT molecular complexity index is 7.61. The molecule has 5 heavy (non-hydrogen) atoms. The van der Waals surface area contributed by atoms with Crippen molar-refractivity contribution in [2.75, 3.05) is 0 Å². The van der Waals surface area contributed by atoms with E-state index in [2.05, 4.69) is 0 Å². The molecule has 0 aromatic heterocycles. The molecule has 0 radical (unpaired) electrons.